The predicted octanol–water partition coefficient (Wildman–Crippen LogP) is 2.18. The van der Waals surface area contributed by atoms with Gasteiger partial charge in [0, 0.05) is 0 Å². The van der Waals surface area contributed by atoms with Crippen LogP contribution in [0.4, 0.5) is 0 Å². The van der Waals surface area contributed by atoms with Crippen molar-refractivity contribution in [2.45, 2.75) is 31.7 Å². The summed E-state index contributed by atoms with van der Waals surface area (Å²) in [5.74, 6) is 0.195. The van der Waals surface area contributed by atoms with Crippen LogP contribution in [0.5, 0.6) is 5.75 Å². The first-order chi connectivity index (χ1) is 9.20. The Morgan fingerprint density at radius 3 is 3.11 bits per heavy atom. The summed E-state index contributed by atoms with van der Waals surface area (Å²) >= 11 is 0. The molecule has 4 nitrogen and oxygen atoms in total. The fraction of sp³-hybridized carbons (Fsp3) is 0.533. The number of hydrogen-bond donors (Lipinski definition) is 1. The number of aliphatic carboxylic acids is 1. The van der Waals surface area contributed by atoms with Gasteiger partial charge in [0.05, 0.1) is 7.11 Å². The second-order valence-corrected chi connectivity index (χ2v) is 4.99. The Morgan fingerprint density at radius 2 is 2.37 bits per heavy atom. The fourth-order valence-electron chi connectivity index (χ4n) is 2.69. The van der Waals surface area contributed by atoms with Crippen LogP contribution in [-0.4, -0.2) is 42.2 Å². The van der Waals surface area contributed by atoms with E-state index in [2.05, 4.69) is 11.0 Å². The minimum absolute atomic E-state index is 0.273. The SMILES string of the molecule is COc1cccc(CCCN2CCCC2C(=O)O)c1. The average Bonchev–Trinajstić information content (AvgIpc) is 2.87. The summed E-state index contributed by atoms with van der Waals surface area (Å²) in [5, 5.41) is 9.11. The van der Waals surface area contributed by atoms with Gasteiger partial charge in [0.1, 0.15) is 11.8 Å². The van der Waals surface area contributed by atoms with Crippen molar-refractivity contribution in [2.24, 2.45) is 0 Å². The Morgan fingerprint density at radius 1 is 1.53 bits per heavy atom. The van der Waals surface area contributed by atoms with Gasteiger partial charge < -0.3 is 9.84 Å². The Balaban J connectivity index is 1.81. The lowest BCUT2D eigenvalue weighted by molar-refractivity contribution is -0.142. The lowest BCUT2D eigenvalue weighted by atomic mass is 10.1. The van der Waals surface area contributed by atoms with Crippen molar-refractivity contribution in [3.05, 3.63) is 29.8 Å². The van der Waals surface area contributed by atoms with E-state index in [1.165, 1.54) is 5.56 Å². The van der Waals surface area contributed by atoms with Crippen molar-refractivity contribution in [3.63, 3.8) is 0 Å². The third-order valence-corrected chi connectivity index (χ3v) is 3.69. The number of likely N-dealkylation sites (tertiary alicyclic amines) is 1. The first-order valence-corrected chi connectivity index (χ1v) is 6.80. The number of rotatable bonds is 6. The van der Waals surface area contributed by atoms with Crippen LogP contribution in [0, 0.1) is 0 Å². The number of carbonyl (C=O) groups is 1. The molecule has 0 saturated carbocycles. The van der Waals surface area contributed by atoms with E-state index in [4.69, 9.17) is 9.84 Å². The van der Waals surface area contributed by atoms with Gasteiger partial charge in [0.25, 0.3) is 0 Å². The average molecular weight is 263 g/mol. The van der Waals surface area contributed by atoms with Crippen molar-refractivity contribution >= 4 is 5.97 Å². The minimum atomic E-state index is -0.682. The third kappa shape index (κ3) is 3.70. The van der Waals surface area contributed by atoms with Gasteiger partial charge in [0.2, 0.25) is 0 Å². The van der Waals surface area contributed by atoms with Crippen LogP contribution in [0.1, 0.15) is 24.8 Å². The maximum Gasteiger partial charge on any atom is 0.320 e. The summed E-state index contributed by atoms with van der Waals surface area (Å²) in [6, 6.07) is 7.78. The van der Waals surface area contributed by atoms with E-state index in [1.807, 2.05) is 18.2 Å². The second kappa shape index (κ2) is 6.57. The zero-order valence-electron chi connectivity index (χ0n) is 11.3. The van der Waals surface area contributed by atoms with E-state index in [0.717, 1.165) is 44.5 Å². The van der Waals surface area contributed by atoms with Crippen LogP contribution in [0.15, 0.2) is 24.3 Å². The number of carboxylic acids is 1. The molecule has 104 valence electrons. The van der Waals surface area contributed by atoms with Crippen LogP contribution in [-0.2, 0) is 11.2 Å². The Labute approximate surface area is 114 Å². The molecule has 0 amide bonds. The second-order valence-electron chi connectivity index (χ2n) is 4.99. The molecule has 1 heterocycles. The molecule has 1 fully saturated rings. The summed E-state index contributed by atoms with van der Waals surface area (Å²) in [6.07, 6.45) is 3.72. The molecule has 1 aromatic carbocycles. The molecule has 1 unspecified atom stereocenters. The molecule has 0 bridgehead atoms. The maximum absolute atomic E-state index is 11.1. The molecule has 2 rings (SSSR count). The lowest BCUT2D eigenvalue weighted by Crippen LogP contribution is -2.36. The van der Waals surface area contributed by atoms with Gasteiger partial charge in [0.15, 0.2) is 0 Å². The van der Waals surface area contributed by atoms with Gasteiger partial charge in [-0.3, -0.25) is 9.69 Å². The molecule has 1 aliphatic rings. The van der Waals surface area contributed by atoms with E-state index in [9.17, 15) is 4.79 Å². The molecule has 1 atom stereocenters. The standard InChI is InChI=1S/C15H21NO3/c1-19-13-7-2-5-12(11-13)6-3-9-16-10-4-8-14(16)15(17)18/h2,5,7,11,14H,3-4,6,8-10H2,1H3,(H,17,18). The summed E-state index contributed by atoms with van der Waals surface area (Å²) in [5.41, 5.74) is 1.24. The monoisotopic (exact) mass is 263 g/mol. The van der Waals surface area contributed by atoms with Gasteiger partial charge in [-0.05, 0) is 56.5 Å². The van der Waals surface area contributed by atoms with Crippen molar-refractivity contribution < 1.29 is 14.6 Å². The summed E-state index contributed by atoms with van der Waals surface area (Å²) in [6.45, 7) is 1.77. The lowest BCUT2D eigenvalue weighted by Gasteiger charge is -2.20. The van der Waals surface area contributed by atoms with Gasteiger partial charge in [-0.2, -0.15) is 0 Å². The molecule has 0 spiro atoms. The highest BCUT2D eigenvalue weighted by Crippen LogP contribution is 2.19. The van der Waals surface area contributed by atoms with Crippen molar-refractivity contribution in [1.29, 1.82) is 0 Å². The molecule has 1 aromatic rings. The Bertz CT molecular complexity index is 433. The van der Waals surface area contributed by atoms with Crippen LogP contribution in [0.2, 0.25) is 0 Å². The van der Waals surface area contributed by atoms with Gasteiger partial charge >= 0.3 is 5.97 Å². The molecule has 0 radical (unpaired) electrons. The fourth-order valence-corrected chi connectivity index (χ4v) is 2.69. The molecular weight excluding hydrogens is 242 g/mol. The quantitative estimate of drug-likeness (QED) is 0.854. The molecule has 1 saturated heterocycles. The highest BCUT2D eigenvalue weighted by atomic mass is 16.5. The van der Waals surface area contributed by atoms with Crippen molar-refractivity contribution in [2.75, 3.05) is 20.2 Å². The molecule has 0 aliphatic carbocycles. The van der Waals surface area contributed by atoms with Crippen molar-refractivity contribution in [1.82, 2.24) is 4.90 Å². The molecule has 4 heteroatoms. The van der Waals surface area contributed by atoms with E-state index in [-0.39, 0.29) is 6.04 Å². The predicted molar refractivity (Wildman–Crippen MR) is 73.5 cm³/mol. The highest BCUT2D eigenvalue weighted by molar-refractivity contribution is 5.73. The molecule has 19 heavy (non-hydrogen) atoms. The largest absolute Gasteiger partial charge is 0.497 e. The molecule has 1 N–H and O–H groups in total. The minimum Gasteiger partial charge on any atom is -0.497 e. The first kappa shape index (κ1) is 13.9. The number of benzene rings is 1. The van der Waals surface area contributed by atoms with E-state index >= 15 is 0 Å². The first-order valence-electron chi connectivity index (χ1n) is 6.80. The summed E-state index contributed by atoms with van der Waals surface area (Å²) < 4.78 is 5.19. The van der Waals surface area contributed by atoms with Gasteiger partial charge in [-0.1, -0.05) is 12.1 Å². The van der Waals surface area contributed by atoms with Crippen LogP contribution < -0.4 is 4.74 Å². The Hall–Kier alpha value is -1.55. The number of carboxylic acid groups (broad SMARTS) is 1. The van der Waals surface area contributed by atoms with Crippen molar-refractivity contribution in [3.8, 4) is 5.75 Å². The zero-order chi connectivity index (χ0) is 13.7. The molecular formula is C15H21NO3. The highest BCUT2D eigenvalue weighted by Gasteiger charge is 2.29. The number of nitrogens with zero attached hydrogens (tertiary/aromatic N) is 1. The normalized spacial score (nSPS) is 19.5. The van der Waals surface area contributed by atoms with Gasteiger partial charge in [-0.15, -0.1) is 0 Å². The zero-order valence-corrected chi connectivity index (χ0v) is 11.3. The molecule has 1 aliphatic heterocycles. The Kier molecular flexibility index (Phi) is 4.80. The van der Waals surface area contributed by atoms with Crippen LogP contribution in [0.3, 0.4) is 0 Å². The van der Waals surface area contributed by atoms with E-state index in [1.54, 1.807) is 7.11 Å². The topological polar surface area (TPSA) is 49.8 Å². The summed E-state index contributed by atoms with van der Waals surface area (Å²) in [4.78, 5) is 13.2. The smallest absolute Gasteiger partial charge is 0.320 e. The number of aryl methyl sites for hydroxylation is 1. The van der Waals surface area contributed by atoms with E-state index < -0.39 is 5.97 Å². The maximum atomic E-state index is 11.1. The van der Waals surface area contributed by atoms with Crippen LogP contribution in [0.25, 0.3) is 0 Å². The number of hydrogen-bond acceptors (Lipinski definition) is 3. The number of methoxy groups -OCH3 is 1. The third-order valence-electron chi connectivity index (χ3n) is 3.69. The summed E-state index contributed by atoms with van der Waals surface area (Å²) in [7, 11) is 1.67. The van der Waals surface area contributed by atoms with Gasteiger partial charge in [-0.25, -0.2) is 0 Å². The molecule has 0 aromatic heterocycles. The number of ether oxygens (including phenoxy) is 1. The van der Waals surface area contributed by atoms with E-state index in [0.29, 0.717) is 0 Å². The van der Waals surface area contributed by atoms with Crippen LogP contribution >= 0.6 is 0 Å².